The highest BCUT2D eigenvalue weighted by atomic mass is 32.1. The Morgan fingerprint density at radius 2 is 1.92 bits per heavy atom. The zero-order valence-corrected chi connectivity index (χ0v) is 16.2. The third kappa shape index (κ3) is 4.52. The summed E-state index contributed by atoms with van der Waals surface area (Å²) < 4.78 is 5.95. The van der Waals surface area contributed by atoms with Gasteiger partial charge in [0.2, 0.25) is 0 Å². The molecule has 0 aliphatic heterocycles. The molecule has 0 aliphatic rings. The molecule has 3 rings (SSSR count). The Bertz CT molecular complexity index is 898. The fraction of sp³-hybridized carbons (Fsp3) is 0.300. The molecular weight excluding hydrogens is 344 g/mol. The van der Waals surface area contributed by atoms with Crippen molar-refractivity contribution in [2.24, 2.45) is 4.99 Å². The van der Waals surface area contributed by atoms with Crippen LogP contribution >= 0.6 is 11.3 Å². The zero-order valence-electron chi connectivity index (χ0n) is 15.4. The monoisotopic (exact) mass is 368 g/mol. The SMILES string of the molecule is CN=C(NCCOc1cccc2ccccc12)NCc1sc(C)nc1C. The van der Waals surface area contributed by atoms with Gasteiger partial charge in [-0.05, 0) is 25.3 Å². The van der Waals surface area contributed by atoms with Crippen LogP contribution in [0.25, 0.3) is 10.8 Å². The molecule has 3 aromatic rings. The Hall–Kier alpha value is -2.60. The van der Waals surface area contributed by atoms with Crippen LogP contribution in [0.5, 0.6) is 5.75 Å². The van der Waals surface area contributed by atoms with Gasteiger partial charge >= 0.3 is 0 Å². The van der Waals surface area contributed by atoms with E-state index in [1.807, 2.05) is 38.1 Å². The van der Waals surface area contributed by atoms with Gasteiger partial charge in [-0.2, -0.15) is 0 Å². The summed E-state index contributed by atoms with van der Waals surface area (Å²) in [5, 5.41) is 10.0. The Labute approximate surface area is 158 Å². The van der Waals surface area contributed by atoms with Gasteiger partial charge in [-0.1, -0.05) is 36.4 Å². The second-order valence-electron chi connectivity index (χ2n) is 5.92. The van der Waals surface area contributed by atoms with Crippen molar-refractivity contribution < 1.29 is 4.74 Å². The van der Waals surface area contributed by atoms with Crippen LogP contribution < -0.4 is 15.4 Å². The normalized spacial score (nSPS) is 11.6. The van der Waals surface area contributed by atoms with Gasteiger partial charge < -0.3 is 15.4 Å². The molecule has 0 unspecified atom stereocenters. The lowest BCUT2D eigenvalue weighted by Crippen LogP contribution is -2.38. The number of nitrogens with zero attached hydrogens (tertiary/aromatic N) is 2. The Morgan fingerprint density at radius 3 is 2.69 bits per heavy atom. The van der Waals surface area contributed by atoms with Crippen molar-refractivity contribution in [2.45, 2.75) is 20.4 Å². The molecule has 136 valence electrons. The van der Waals surface area contributed by atoms with Crippen LogP contribution in [0, 0.1) is 13.8 Å². The fourth-order valence-electron chi connectivity index (χ4n) is 2.77. The minimum absolute atomic E-state index is 0.563. The number of aliphatic imine (C=N–C) groups is 1. The van der Waals surface area contributed by atoms with E-state index in [0.29, 0.717) is 13.2 Å². The van der Waals surface area contributed by atoms with Crippen molar-refractivity contribution in [1.82, 2.24) is 15.6 Å². The molecule has 2 aromatic carbocycles. The number of hydrogen-bond acceptors (Lipinski definition) is 4. The van der Waals surface area contributed by atoms with Gasteiger partial charge in [0.05, 0.1) is 23.8 Å². The van der Waals surface area contributed by atoms with Gasteiger partial charge in [0.1, 0.15) is 12.4 Å². The molecule has 2 N–H and O–H groups in total. The van der Waals surface area contributed by atoms with Crippen molar-refractivity contribution in [3.8, 4) is 5.75 Å². The lowest BCUT2D eigenvalue weighted by Gasteiger charge is -2.13. The number of ether oxygens (including phenoxy) is 1. The maximum atomic E-state index is 5.95. The summed E-state index contributed by atoms with van der Waals surface area (Å²) in [6.45, 7) is 6.02. The van der Waals surface area contributed by atoms with Crippen molar-refractivity contribution >= 4 is 28.1 Å². The lowest BCUT2D eigenvalue weighted by molar-refractivity contribution is 0.325. The first kappa shape index (κ1) is 18.2. The molecule has 5 nitrogen and oxygen atoms in total. The second-order valence-corrected chi connectivity index (χ2v) is 7.21. The van der Waals surface area contributed by atoms with E-state index >= 15 is 0 Å². The highest BCUT2D eigenvalue weighted by Gasteiger charge is 2.06. The molecule has 0 fully saturated rings. The van der Waals surface area contributed by atoms with E-state index in [0.717, 1.165) is 34.3 Å². The number of hydrogen-bond donors (Lipinski definition) is 2. The third-order valence-corrected chi connectivity index (χ3v) is 5.11. The van der Waals surface area contributed by atoms with Crippen LogP contribution in [0.3, 0.4) is 0 Å². The molecule has 0 atom stereocenters. The molecule has 0 saturated carbocycles. The molecule has 0 spiro atoms. The maximum absolute atomic E-state index is 5.95. The summed E-state index contributed by atoms with van der Waals surface area (Å²) in [4.78, 5) is 9.94. The molecule has 0 saturated heterocycles. The van der Waals surface area contributed by atoms with E-state index in [4.69, 9.17) is 4.74 Å². The van der Waals surface area contributed by atoms with Crippen molar-refractivity contribution in [3.63, 3.8) is 0 Å². The molecule has 0 amide bonds. The minimum atomic E-state index is 0.563. The van der Waals surface area contributed by atoms with E-state index < -0.39 is 0 Å². The minimum Gasteiger partial charge on any atom is -0.491 e. The zero-order chi connectivity index (χ0) is 18.4. The molecule has 26 heavy (non-hydrogen) atoms. The smallest absolute Gasteiger partial charge is 0.191 e. The van der Waals surface area contributed by atoms with Crippen LogP contribution in [0.4, 0.5) is 0 Å². The summed E-state index contributed by atoms with van der Waals surface area (Å²) in [6, 6.07) is 14.4. The second kappa shape index (κ2) is 8.67. The average Bonchev–Trinajstić information content (AvgIpc) is 2.98. The van der Waals surface area contributed by atoms with E-state index in [1.165, 1.54) is 10.3 Å². The Balaban J connectivity index is 1.48. The van der Waals surface area contributed by atoms with E-state index in [1.54, 1.807) is 18.4 Å². The molecule has 1 aromatic heterocycles. The standard InChI is InChI=1S/C20H24N4OS/c1-14-19(26-15(2)24-14)13-23-20(21-3)22-11-12-25-18-10-6-8-16-7-4-5-9-17(16)18/h4-10H,11-13H2,1-3H3,(H2,21,22,23). The van der Waals surface area contributed by atoms with Gasteiger partial charge in [-0.3, -0.25) is 4.99 Å². The summed E-state index contributed by atoms with van der Waals surface area (Å²) in [6.07, 6.45) is 0. The number of aromatic nitrogens is 1. The van der Waals surface area contributed by atoms with E-state index in [2.05, 4.69) is 38.8 Å². The predicted octanol–water partition coefficient (Wildman–Crippen LogP) is 3.66. The van der Waals surface area contributed by atoms with Crippen LogP contribution in [0.2, 0.25) is 0 Å². The van der Waals surface area contributed by atoms with Gasteiger partial charge in [0.25, 0.3) is 0 Å². The number of nitrogens with one attached hydrogen (secondary N) is 2. The number of benzene rings is 2. The number of guanidine groups is 1. The van der Waals surface area contributed by atoms with Gasteiger partial charge in [-0.25, -0.2) is 4.98 Å². The fourth-order valence-corrected chi connectivity index (χ4v) is 3.65. The lowest BCUT2D eigenvalue weighted by atomic mass is 10.1. The summed E-state index contributed by atoms with van der Waals surface area (Å²) in [5.41, 5.74) is 1.08. The molecular formula is C20H24N4OS. The van der Waals surface area contributed by atoms with Gasteiger partial charge in [0, 0.05) is 17.3 Å². The van der Waals surface area contributed by atoms with Gasteiger partial charge in [0.15, 0.2) is 5.96 Å². The molecule has 0 aliphatic carbocycles. The Kier molecular flexibility index (Phi) is 6.07. The van der Waals surface area contributed by atoms with Crippen LogP contribution in [0.15, 0.2) is 47.5 Å². The highest BCUT2D eigenvalue weighted by molar-refractivity contribution is 7.11. The summed E-state index contributed by atoms with van der Waals surface area (Å²) in [5.74, 6) is 1.67. The van der Waals surface area contributed by atoms with E-state index in [-0.39, 0.29) is 0 Å². The van der Waals surface area contributed by atoms with E-state index in [9.17, 15) is 0 Å². The first-order valence-corrected chi connectivity index (χ1v) is 9.47. The van der Waals surface area contributed by atoms with Gasteiger partial charge in [-0.15, -0.1) is 11.3 Å². The van der Waals surface area contributed by atoms with Crippen LogP contribution in [0.1, 0.15) is 15.6 Å². The average molecular weight is 369 g/mol. The topological polar surface area (TPSA) is 58.5 Å². The molecule has 6 heteroatoms. The predicted molar refractivity (Wildman–Crippen MR) is 109 cm³/mol. The molecule has 0 bridgehead atoms. The summed E-state index contributed by atoms with van der Waals surface area (Å²) in [7, 11) is 1.77. The molecule has 1 heterocycles. The van der Waals surface area contributed by atoms with Crippen molar-refractivity contribution in [2.75, 3.05) is 20.2 Å². The quantitative estimate of drug-likeness (QED) is 0.396. The number of rotatable bonds is 6. The van der Waals surface area contributed by atoms with Crippen molar-refractivity contribution in [3.05, 3.63) is 58.0 Å². The maximum Gasteiger partial charge on any atom is 0.191 e. The highest BCUT2D eigenvalue weighted by Crippen LogP contribution is 2.24. The largest absolute Gasteiger partial charge is 0.491 e. The number of thiazole rings is 1. The number of fused-ring (bicyclic) bond motifs is 1. The number of aryl methyl sites for hydroxylation is 2. The van der Waals surface area contributed by atoms with Crippen LogP contribution in [-0.2, 0) is 6.54 Å². The summed E-state index contributed by atoms with van der Waals surface area (Å²) >= 11 is 1.71. The van der Waals surface area contributed by atoms with Crippen molar-refractivity contribution in [1.29, 1.82) is 0 Å². The third-order valence-electron chi connectivity index (χ3n) is 4.04. The first-order chi connectivity index (χ1) is 12.7. The first-order valence-electron chi connectivity index (χ1n) is 8.65. The Morgan fingerprint density at radius 1 is 1.12 bits per heavy atom. The molecule has 0 radical (unpaired) electrons. The van der Waals surface area contributed by atoms with Crippen LogP contribution in [-0.4, -0.2) is 31.1 Å².